The van der Waals surface area contributed by atoms with Crippen LogP contribution in [0.5, 0.6) is 11.5 Å². The van der Waals surface area contributed by atoms with Gasteiger partial charge < -0.3 is 9.47 Å². The van der Waals surface area contributed by atoms with Crippen LogP contribution in [0.3, 0.4) is 0 Å². The van der Waals surface area contributed by atoms with Crippen LogP contribution in [0.25, 0.3) is 10.9 Å². The Morgan fingerprint density at radius 1 is 1.13 bits per heavy atom. The van der Waals surface area contributed by atoms with E-state index in [1.54, 1.807) is 12.3 Å². The Hall–Kier alpha value is -3.42. The van der Waals surface area contributed by atoms with Crippen molar-refractivity contribution in [1.82, 2.24) is 9.66 Å². The molecule has 0 unspecified atom stereocenters. The summed E-state index contributed by atoms with van der Waals surface area (Å²) in [6.07, 6.45) is 4.03. The maximum atomic E-state index is 13.4. The van der Waals surface area contributed by atoms with Crippen molar-refractivity contribution in [2.45, 2.75) is 39.7 Å². The molecule has 0 aliphatic heterocycles. The lowest BCUT2D eigenvalue weighted by atomic mass is 10.1. The van der Waals surface area contributed by atoms with Crippen LogP contribution in [0.4, 0.5) is 0 Å². The molecule has 3 aromatic carbocycles. The molecule has 4 rings (SSSR count). The van der Waals surface area contributed by atoms with Gasteiger partial charge in [-0.15, -0.1) is 6.58 Å². The van der Waals surface area contributed by atoms with Crippen LogP contribution < -0.4 is 15.0 Å². The smallest absolute Gasteiger partial charge is 0.282 e. The highest BCUT2D eigenvalue weighted by atomic mass is 79.9. The molecule has 1 aromatic heterocycles. The highest BCUT2D eigenvalue weighted by Gasteiger charge is 2.16. The van der Waals surface area contributed by atoms with Crippen LogP contribution in [0.15, 0.2) is 81.6 Å². The Balaban J connectivity index is 1.75. The Morgan fingerprint density at radius 2 is 1.89 bits per heavy atom. The average Bonchev–Trinajstić information content (AvgIpc) is 2.89. The molecule has 196 valence electrons. The van der Waals surface area contributed by atoms with Gasteiger partial charge in [-0.1, -0.05) is 59.6 Å². The van der Waals surface area contributed by atoms with E-state index in [0.717, 1.165) is 21.2 Å². The predicted octanol–water partition coefficient (Wildman–Crippen LogP) is 7.52. The molecule has 0 atom stereocenters. The van der Waals surface area contributed by atoms with Gasteiger partial charge in [0.1, 0.15) is 12.4 Å². The fourth-order valence-electron chi connectivity index (χ4n) is 4.00. The van der Waals surface area contributed by atoms with Gasteiger partial charge in [0.2, 0.25) is 0 Å². The number of aromatic nitrogens is 2. The number of hydrogen-bond donors (Lipinski definition) is 0. The van der Waals surface area contributed by atoms with Crippen molar-refractivity contribution in [1.29, 1.82) is 0 Å². The first-order chi connectivity index (χ1) is 18.3. The second-order valence-corrected chi connectivity index (χ2v) is 10.3. The van der Waals surface area contributed by atoms with Gasteiger partial charge in [-0.3, -0.25) is 4.79 Å². The number of rotatable bonds is 10. The van der Waals surface area contributed by atoms with Gasteiger partial charge in [-0.05, 0) is 66.9 Å². The maximum absolute atomic E-state index is 13.4. The highest BCUT2D eigenvalue weighted by Crippen LogP contribution is 2.34. The fourth-order valence-corrected chi connectivity index (χ4v) is 4.49. The molecule has 0 aliphatic carbocycles. The molecule has 1 heterocycles. The van der Waals surface area contributed by atoms with E-state index in [0.29, 0.717) is 52.9 Å². The van der Waals surface area contributed by atoms with Gasteiger partial charge in [0.05, 0.1) is 23.7 Å². The first kappa shape index (κ1) is 27.6. The Bertz CT molecular complexity index is 1550. The van der Waals surface area contributed by atoms with Crippen molar-refractivity contribution in [3.05, 3.63) is 110 Å². The van der Waals surface area contributed by atoms with Crippen molar-refractivity contribution in [2.75, 3.05) is 6.61 Å². The van der Waals surface area contributed by atoms with Gasteiger partial charge in [0, 0.05) is 21.0 Å². The summed E-state index contributed by atoms with van der Waals surface area (Å²) in [5.74, 6) is 1.82. The fraction of sp³-hybridized carbons (Fsp3) is 0.233. The summed E-state index contributed by atoms with van der Waals surface area (Å²) in [4.78, 5) is 18.1. The predicted molar refractivity (Wildman–Crippen MR) is 158 cm³/mol. The summed E-state index contributed by atoms with van der Waals surface area (Å²) in [7, 11) is 0. The van der Waals surface area contributed by atoms with E-state index in [9.17, 15) is 4.79 Å². The second-order valence-electron chi connectivity index (χ2n) is 9.00. The van der Waals surface area contributed by atoms with Crippen LogP contribution in [-0.4, -0.2) is 22.5 Å². The zero-order valence-corrected chi connectivity index (χ0v) is 23.9. The Kier molecular flexibility index (Phi) is 9.02. The summed E-state index contributed by atoms with van der Waals surface area (Å²) in [6, 6.07) is 16.8. The molecule has 4 aromatic rings. The number of nitrogens with zero attached hydrogens (tertiary/aromatic N) is 3. The van der Waals surface area contributed by atoms with E-state index in [1.807, 2.05) is 75.4 Å². The van der Waals surface area contributed by atoms with Crippen LogP contribution in [-0.2, 0) is 13.0 Å². The first-order valence-electron chi connectivity index (χ1n) is 12.3. The Morgan fingerprint density at radius 3 is 2.58 bits per heavy atom. The van der Waals surface area contributed by atoms with E-state index in [2.05, 4.69) is 27.6 Å². The average molecular weight is 595 g/mol. The van der Waals surface area contributed by atoms with Crippen LogP contribution in [0, 0.1) is 0 Å². The molecule has 0 amide bonds. The third-order valence-electron chi connectivity index (χ3n) is 5.79. The number of ether oxygens (including phenoxy) is 2. The second kappa shape index (κ2) is 12.4. The lowest BCUT2D eigenvalue weighted by Gasteiger charge is -2.17. The Labute approximate surface area is 235 Å². The summed E-state index contributed by atoms with van der Waals surface area (Å²) in [5, 5.41) is 5.75. The molecule has 38 heavy (non-hydrogen) atoms. The SMILES string of the molecule is C=CCc1cc(C=Nn2c(C(C)C)nc3ccc(Br)cc3c2=O)cc(OCC)c1OCc1ccc(Cl)cc1. The van der Waals surface area contributed by atoms with Crippen molar-refractivity contribution in [3.8, 4) is 11.5 Å². The lowest BCUT2D eigenvalue weighted by Crippen LogP contribution is -2.23. The molecular weight excluding hydrogens is 566 g/mol. The van der Waals surface area contributed by atoms with Crippen molar-refractivity contribution < 1.29 is 9.47 Å². The van der Waals surface area contributed by atoms with Gasteiger partial charge in [-0.25, -0.2) is 4.98 Å². The number of benzene rings is 3. The highest BCUT2D eigenvalue weighted by molar-refractivity contribution is 9.10. The monoisotopic (exact) mass is 593 g/mol. The third kappa shape index (κ3) is 6.34. The molecule has 0 radical (unpaired) electrons. The summed E-state index contributed by atoms with van der Waals surface area (Å²) >= 11 is 9.46. The molecule has 8 heteroatoms. The summed E-state index contributed by atoms with van der Waals surface area (Å²) in [6.45, 7) is 10.6. The minimum Gasteiger partial charge on any atom is -0.490 e. The van der Waals surface area contributed by atoms with Crippen molar-refractivity contribution in [2.24, 2.45) is 5.10 Å². The third-order valence-corrected chi connectivity index (χ3v) is 6.53. The molecule has 0 N–H and O–H groups in total. The van der Waals surface area contributed by atoms with Crippen molar-refractivity contribution >= 4 is 44.6 Å². The van der Waals surface area contributed by atoms with E-state index in [4.69, 9.17) is 26.1 Å². The topological polar surface area (TPSA) is 65.7 Å². The number of hydrogen-bond acceptors (Lipinski definition) is 5. The van der Waals surface area contributed by atoms with Crippen LogP contribution >= 0.6 is 27.5 Å². The van der Waals surface area contributed by atoms with Gasteiger partial charge >= 0.3 is 0 Å². The largest absolute Gasteiger partial charge is 0.490 e. The standard InChI is InChI=1S/C30H29BrClN3O3/c1-5-7-22-14-21(15-27(37-6-2)28(22)38-18-20-8-11-24(32)12-9-20)17-33-35-29(19(3)4)34-26-13-10-23(31)16-25(26)30(35)36/h5,8-17,19H,1,6-7,18H2,2-4H3. The molecule has 0 saturated heterocycles. The first-order valence-corrected chi connectivity index (χ1v) is 13.5. The van der Waals surface area contributed by atoms with Gasteiger partial charge in [-0.2, -0.15) is 9.78 Å². The summed E-state index contributed by atoms with van der Waals surface area (Å²) < 4.78 is 14.3. The quantitative estimate of drug-likeness (QED) is 0.141. The number of fused-ring (bicyclic) bond motifs is 1. The normalized spacial score (nSPS) is 11.4. The van der Waals surface area contributed by atoms with Gasteiger partial charge in [0.15, 0.2) is 11.5 Å². The molecular formula is C30H29BrClN3O3. The maximum Gasteiger partial charge on any atom is 0.282 e. The minimum atomic E-state index is -0.226. The zero-order valence-electron chi connectivity index (χ0n) is 21.6. The number of allylic oxidation sites excluding steroid dienone is 1. The summed E-state index contributed by atoms with van der Waals surface area (Å²) in [5.41, 5.74) is 3.07. The van der Waals surface area contributed by atoms with E-state index in [1.165, 1.54) is 4.68 Å². The molecule has 6 nitrogen and oxygen atoms in total. The molecule has 0 saturated carbocycles. The molecule has 0 aliphatic rings. The van der Waals surface area contributed by atoms with E-state index in [-0.39, 0.29) is 11.5 Å². The van der Waals surface area contributed by atoms with Crippen LogP contribution in [0.1, 0.15) is 49.2 Å². The minimum absolute atomic E-state index is 0.00754. The van der Waals surface area contributed by atoms with E-state index < -0.39 is 0 Å². The molecule has 0 bridgehead atoms. The van der Waals surface area contributed by atoms with Crippen LogP contribution in [0.2, 0.25) is 5.02 Å². The number of halogens is 2. The van der Waals surface area contributed by atoms with Crippen molar-refractivity contribution in [3.63, 3.8) is 0 Å². The van der Waals surface area contributed by atoms with Gasteiger partial charge in [0.25, 0.3) is 5.56 Å². The van der Waals surface area contributed by atoms with E-state index >= 15 is 0 Å². The molecule has 0 fully saturated rings. The lowest BCUT2D eigenvalue weighted by molar-refractivity contribution is 0.267. The molecule has 0 spiro atoms. The zero-order chi connectivity index (χ0) is 27.2.